The van der Waals surface area contributed by atoms with Gasteiger partial charge in [-0.2, -0.15) is 0 Å². The van der Waals surface area contributed by atoms with Crippen LogP contribution in [0.2, 0.25) is 10.2 Å². The van der Waals surface area contributed by atoms with E-state index in [0.717, 1.165) is 42.1 Å². The molecule has 5 aromatic rings. The zero-order valence-electron chi connectivity index (χ0n) is 25.0. The van der Waals surface area contributed by atoms with Gasteiger partial charge in [-0.05, 0) is 41.0 Å². The third-order valence-electron chi connectivity index (χ3n) is 7.25. The van der Waals surface area contributed by atoms with Gasteiger partial charge in [-0.15, -0.1) is 0 Å². The molecule has 0 aliphatic carbocycles. The summed E-state index contributed by atoms with van der Waals surface area (Å²) >= 11 is 12.2. The molecule has 10 nitrogen and oxygen atoms in total. The van der Waals surface area contributed by atoms with Crippen LogP contribution in [0.25, 0.3) is 22.2 Å². The second-order valence-electron chi connectivity index (χ2n) is 10.5. The fourth-order valence-corrected chi connectivity index (χ4v) is 5.46. The Hall–Kier alpha value is -4.84. The van der Waals surface area contributed by atoms with Gasteiger partial charge in [0.1, 0.15) is 29.3 Å². The molecule has 13 heteroatoms. The third-order valence-corrected chi connectivity index (χ3v) is 7.79. The SMILES string of the molecule is CC(=O)O[C@@H]([C@@H](O)n1cc(F)c2c(Cl)ncnc21)[C@@H](C[C@H](OC(=O)c1ccc(-c2ccccc2)cc1)c1ccc(Cl)cc1)OC(C)=O. The Morgan fingerprint density at radius 2 is 1.49 bits per heavy atom. The van der Waals surface area contributed by atoms with Gasteiger partial charge in [0.15, 0.2) is 18.1 Å². The Morgan fingerprint density at radius 1 is 0.851 bits per heavy atom. The summed E-state index contributed by atoms with van der Waals surface area (Å²) < 4.78 is 32.9. The first kappa shape index (κ1) is 33.5. The van der Waals surface area contributed by atoms with Gasteiger partial charge in [-0.3, -0.25) is 14.2 Å². The summed E-state index contributed by atoms with van der Waals surface area (Å²) in [6.07, 6.45) is -4.29. The van der Waals surface area contributed by atoms with E-state index >= 15 is 0 Å². The molecule has 47 heavy (non-hydrogen) atoms. The number of benzene rings is 3. The Kier molecular flexibility index (Phi) is 10.5. The fraction of sp³-hybridized carbons (Fsp3) is 0.206. The smallest absolute Gasteiger partial charge is 0.338 e. The normalized spacial score (nSPS) is 13.7. The van der Waals surface area contributed by atoms with Crippen molar-refractivity contribution in [3.8, 4) is 11.1 Å². The number of aliphatic hydroxyl groups is 1. The highest BCUT2D eigenvalue weighted by Crippen LogP contribution is 2.34. The average Bonchev–Trinajstić information content (AvgIpc) is 3.40. The lowest BCUT2D eigenvalue weighted by molar-refractivity contribution is -0.183. The van der Waals surface area contributed by atoms with E-state index < -0.39 is 48.3 Å². The Bertz CT molecular complexity index is 1890. The number of fused-ring (bicyclic) bond motifs is 1. The van der Waals surface area contributed by atoms with Gasteiger partial charge >= 0.3 is 17.9 Å². The molecule has 0 saturated heterocycles. The summed E-state index contributed by atoms with van der Waals surface area (Å²) in [5, 5.41) is 11.6. The molecule has 0 saturated carbocycles. The molecular formula is C34H28Cl2FN3O7. The van der Waals surface area contributed by atoms with Crippen molar-refractivity contribution in [2.45, 2.75) is 44.8 Å². The van der Waals surface area contributed by atoms with Gasteiger partial charge in [0, 0.05) is 31.5 Å². The van der Waals surface area contributed by atoms with E-state index in [2.05, 4.69) is 9.97 Å². The van der Waals surface area contributed by atoms with Crippen molar-refractivity contribution >= 4 is 52.1 Å². The fourth-order valence-electron chi connectivity index (χ4n) is 5.11. The summed E-state index contributed by atoms with van der Waals surface area (Å²) in [4.78, 5) is 45.9. The first-order valence-electron chi connectivity index (χ1n) is 14.3. The second-order valence-corrected chi connectivity index (χ2v) is 11.3. The van der Waals surface area contributed by atoms with Crippen LogP contribution < -0.4 is 0 Å². The zero-order chi connectivity index (χ0) is 33.7. The first-order chi connectivity index (χ1) is 22.5. The van der Waals surface area contributed by atoms with Gasteiger partial charge in [0.2, 0.25) is 0 Å². The quantitative estimate of drug-likeness (QED) is 0.0901. The lowest BCUT2D eigenvalue weighted by Gasteiger charge is -2.32. The summed E-state index contributed by atoms with van der Waals surface area (Å²) in [5.41, 5.74) is 2.47. The number of nitrogens with zero attached hydrogens (tertiary/aromatic N) is 3. The zero-order valence-corrected chi connectivity index (χ0v) is 26.6. The van der Waals surface area contributed by atoms with Crippen molar-refractivity contribution in [1.29, 1.82) is 0 Å². The van der Waals surface area contributed by atoms with Gasteiger partial charge < -0.3 is 19.3 Å². The molecule has 0 bridgehead atoms. The maximum atomic E-state index is 14.9. The molecule has 0 fully saturated rings. The van der Waals surface area contributed by atoms with E-state index in [-0.39, 0.29) is 28.2 Å². The largest absolute Gasteiger partial charge is 0.458 e. The maximum absolute atomic E-state index is 14.9. The van der Waals surface area contributed by atoms with Gasteiger partial charge in [-0.25, -0.2) is 19.2 Å². The average molecular weight is 681 g/mol. The van der Waals surface area contributed by atoms with E-state index in [0.29, 0.717) is 10.6 Å². The van der Waals surface area contributed by atoms with Crippen LogP contribution in [0.5, 0.6) is 0 Å². The van der Waals surface area contributed by atoms with Crippen molar-refractivity contribution in [2.75, 3.05) is 0 Å². The van der Waals surface area contributed by atoms with E-state index in [1.807, 2.05) is 30.3 Å². The Balaban J connectivity index is 1.49. The number of hydrogen-bond acceptors (Lipinski definition) is 9. The monoisotopic (exact) mass is 679 g/mol. The number of esters is 3. The number of carbonyl (C=O) groups is 3. The molecule has 0 radical (unpaired) electrons. The van der Waals surface area contributed by atoms with Crippen molar-refractivity contribution in [2.24, 2.45) is 0 Å². The van der Waals surface area contributed by atoms with Crippen LogP contribution in [0.1, 0.15) is 48.5 Å². The molecule has 0 aliphatic heterocycles. The highest BCUT2D eigenvalue weighted by molar-refractivity contribution is 6.34. The molecule has 242 valence electrons. The number of ether oxygens (including phenoxy) is 3. The van der Waals surface area contributed by atoms with Crippen LogP contribution in [0, 0.1) is 5.82 Å². The highest BCUT2D eigenvalue weighted by Gasteiger charge is 2.39. The molecule has 2 heterocycles. The molecule has 0 amide bonds. The molecule has 2 aromatic heterocycles. The number of aliphatic hydroxyl groups excluding tert-OH is 1. The van der Waals surface area contributed by atoms with Crippen LogP contribution >= 0.6 is 23.2 Å². The predicted octanol–water partition coefficient (Wildman–Crippen LogP) is 6.89. The van der Waals surface area contributed by atoms with E-state index in [1.54, 1.807) is 48.5 Å². The van der Waals surface area contributed by atoms with Crippen LogP contribution in [0.15, 0.2) is 91.4 Å². The number of hydrogen-bond donors (Lipinski definition) is 1. The standard InChI is InChI=1S/C34H28Cl2FN3O7/c1-19(41)45-28(30(46-20(2)42)33(43)40-17-26(37)29-31(36)38-18-39-32(29)40)16-27(23-12-14-25(35)15-13-23)47-34(44)24-10-8-22(9-11-24)21-6-4-3-5-7-21/h3-15,17-18,27-28,30,33,43H,16H2,1-2H3/t27-,28+,30+,33+/m0/s1. The second kappa shape index (κ2) is 14.7. The van der Waals surface area contributed by atoms with Crippen LogP contribution in [0.4, 0.5) is 4.39 Å². The van der Waals surface area contributed by atoms with Crippen molar-refractivity contribution in [3.05, 3.63) is 119 Å². The third kappa shape index (κ3) is 7.94. The first-order valence-corrected chi connectivity index (χ1v) is 15.1. The molecule has 4 atom stereocenters. The lowest BCUT2D eigenvalue weighted by Crippen LogP contribution is -2.42. The molecule has 0 spiro atoms. The minimum Gasteiger partial charge on any atom is -0.458 e. The summed E-state index contributed by atoms with van der Waals surface area (Å²) in [6, 6.07) is 22.8. The predicted molar refractivity (Wildman–Crippen MR) is 171 cm³/mol. The molecule has 0 aliphatic rings. The van der Waals surface area contributed by atoms with Gasteiger partial charge in [-0.1, -0.05) is 77.8 Å². The summed E-state index contributed by atoms with van der Waals surface area (Å²) in [6.45, 7) is 2.22. The number of aromatic nitrogens is 3. The van der Waals surface area contributed by atoms with Gasteiger partial charge in [0.25, 0.3) is 0 Å². The molecule has 5 rings (SSSR count). The minimum atomic E-state index is -1.84. The van der Waals surface area contributed by atoms with Crippen molar-refractivity contribution in [3.63, 3.8) is 0 Å². The number of halogens is 3. The molecule has 0 unspecified atom stereocenters. The van der Waals surface area contributed by atoms with Crippen molar-refractivity contribution in [1.82, 2.24) is 14.5 Å². The van der Waals surface area contributed by atoms with Crippen LogP contribution in [0.3, 0.4) is 0 Å². The number of carbonyl (C=O) groups excluding carboxylic acids is 3. The molecular weight excluding hydrogens is 652 g/mol. The van der Waals surface area contributed by atoms with Crippen LogP contribution in [-0.4, -0.2) is 49.8 Å². The minimum absolute atomic E-state index is 0.103. The summed E-state index contributed by atoms with van der Waals surface area (Å²) in [5.74, 6) is -3.16. The summed E-state index contributed by atoms with van der Waals surface area (Å²) in [7, 11) is 0. The van der Waals surface area contributed by atoms with Crippen LogP contribution in [-0.2, 0) is 23.8 Å². The van der Waals surface area contributed by atoms with E-state index in [4.69, 9.17) is 37.4 Å². The number of rotatable bonds is 11. The lowest BCUT2D eigenvalue weighted by atomic mass is 9.98. The Labute approximate surface area is 278 Å². The Morgan fingerprint density at radius 3 is 2.13 bits per heavy atom. The van der Waals surface area contributed by atoms with E-state index in [1.165, 1.54) is 0 Å². The maximum Gasteiger partial charge on any atom is 0.338 e. The van der Waals surface area contributed by atoms with Gasteiger partial charge in [0.05, 0.1) is 10.9 Å². The molecule has 3 aromatic carbocycles. The topological polar surface area (TPSA) is 130 Å². The molecule has 1 N–H and O–H groups in total. The van der Waals surface area contributed by atoms with Crippen molar-refractivity contribution < 1.29 is 38.1 Å². The highest BCUT2D eigenvalue weighted by atomic mass is 35.5. The van der Waals surface area contributed by atoms with E-state index in [9.17, 15) is 23.9 Å².